The molecule has 0 atom stereocenters. The molecule has 11 heteroatoms. The van der Waals surface area contributed by atoms with Crippen LogP contribution in [0.1, 0.15) is 31.7 Å². The molecule has 3 rings (SSSR count). The van der Waals surface area contributed by atoms with E-state index in [1.54, 1.807) is 19.1 Å². The largest absolute Gasteiger partial charge is 0.372 e. The van der Waals surface area contributed by atoms with Crippen molar-refractivity contribution < 1.29 is 21.6 Å². The first-order valence-electron chi connectivity index (χ1n) is 10.4. The van der Waals surface area contributed by atoms with Gasteiger partial charge in [-0.25, -0.2) is 22.0 Å². The number of nitrogens with one attached hydrogen (secondary N) is 2. The number of hydrogen-bond donors (Lipinski definition) is 3. The second-order valence-electron chi connectivity index (χ2n) is 7.72. The summed E-state index contributed by atoms with van der Waals surface area (Å²) in [6, 6.07) is 11.3. The molecule has 1 heterocycles. The number of rotatable bonds is 8. The topological polar surface area (TPSA) is 139 Å². The van der Waals surface area contributed by atoms with Crippen LogP contribution in [0.15, 0.2) is 47.4 Å². The standard InChI is InChI=1S/C21H28N4O5S2/c1-2-16-6-7-18(14-20(16)32(22,29)30)23-21(26)15-31(27,28)24-17-8-10-19(11-9-17)25-12-4-3-5-13-25/h6-11,14,24H,2-5,12-13,15H2,1H3,(H,23,26)(H2,22,29,30). The van der Waals surface area contributed by atoms with Crippen LogP contribution in [0.2, 0.25) is 0 Å². The van der Waals surface area contributed by atoms with Crippen LogP contribution in [0.4, 0.5) is 17.1 Å². The van der Waals surface area contributed by atoms with Gasteiger partial charge in [0, 0.05) is 30.2 Å². The molecular weight excluding hydrogens is 452 g/mol. The molecule has 0 aromatic heterocycles. The normalized spacial score (nSPS) is 14.8. The lowest BCUT2D eigenvalue weighted by Gasteiger charge is -2.28. The summed E-state index contributed by atoms with van der Waals surface area (Å²) in [6.45, 7) is 3.74. The highest BCUT2D eigenvalue weighted by Crippen LogP contribution is 2.23. The molecule has 0 saturated carbocycles. The Morgan fingerprint density at radius 1 is 0.969 bits per heavy atom. The summed E-state index contributed by atoms with van der Waals surface area (Å²) in [5.41, 5.74) is 2.05. The van der Waals surface area contributed by atoms with Crippen molar-refractivity contribution in [1.29, 1.82) is 0 Å². The number of piperidine rings is 1. The van der Waals surface area contributed by atoms with Gasteiger partial charge in [-0.3, -0.25) is 9.52 Å². The lowest BCUT2D eigenvalue weighted by Crippen LogP contribution is -2.29. The Bertz CT molecular complexity index is 1170. The molecule has 1 aliphatic rings. The minimum absolute atomic E-state index is 0.104. The number of primary sulfonamides is 1. The van der Waals surface area contributed by atoms with E-state index in [4.69, 9.17) is 5.14 Å². The second-order valence-corrected chi connectivity index (χ2v) is 11.0. The molecule has 9 nitrogen and oxygen atoms in total. The van der Waals surface area contributed by atoms with Gasteiger partial charge in [-0.05, 0) is 67.6 Å². The van der Waals surface area contributed by atoms with Crippen LogP contribution in [0, 0.1) is 0 Å². The fourth-order valence-electron chi connectivity index (χ4n) is 3.67. The fourth-order valence-corrected chi connectivity index (χ4v) is 5.52. The zero-order valence-electron chi connectivity index (χ0n) is 17.9. The Balaban J connectivity index is 1.63. The van der Waals surface area contributed by atoms with Crippen molar-refractivity contribution >= 4 is 43.0 Å². The quantitative estimate of drug-likeness (QED) is 0.530. The third-order valence-corrected chi connectivity index (χ3v) is 7.40. The van der Waals surface area contributed by atoms with Crippen LogP contribution in [-0.4, -0.2) is 41.6 Å². The van der Waals surface area contributed by atoms with Gasteiger partial charge in [0.25, 0.3) is 0 Å². The Morgan fingerprint density at radius 3 is 2.19 bits per heavy atom. The summed E-state index contributed by atoms with van der Waals surface area (Å²) in [5, 5.41) is 7.64. The number of carbonyl (C=O) groups is 1. The van der Waals surface area contributed by atoms with Crippen LogP contribution < -0.4 is 20.1 Å². The molecule has 4 N–H and O–H groups in total. The van der Waals surface area contributed by atoms with E-state index in [1.165, 1.54) is 24.6 Å². The molecule has 2 aromatic rings. The van der Waals surface area contributed by atoms with Gasteiger partial charge in [0.1, 0.15) is 5.75 Å². The zero-order chi connectivity index (χ0) is 23.4. The average molecular weight is 481 g/mol. The van der Waals surface area contributed by atoms with Crippen LogP contribution in [0.5, 0.6) is 0 Å². The van der Waals surface area contributed by atoms with E-state index in [0.717, 1.165) is 31.6 Å². The Labute approximate surface area is 189 Å². The number of anilines is 3. The number of amides is 1. The molecule has 0 unspecified atom stereocenters. The number of aryl methyl sites for hydroxylation is 1. The Morgan fingerprint density at radius 2 is 1.59 bits per heavy atom. The summed E-state index contributed by atoms with van der Waals surface area (Å²) < 4.78 is 50.8. The molecule has 0 radical (unpaired) electrons. The average Bonchev–Trinajstić information content (AvgIpc) is 2.73. The van der Waals surface area contributed by atoms with E-state index in [9.17, 15) is 21.6 Å². The van der Waals surface area contributed by atoms with Crippen molar-refractivity contribution in [2.75, 3.05) is 33.8 Å². The molecule has 1 aliphatic heterocycles. The molecule has 2 aromatic carbocycles. The first-order chi connectivity index (χ1) is 15.1. The lowest BCUT2D eigenvalue weighted by atomic mass is 10.1. The van der Waals surface area contributed by atoms with Crippen molar-refractivity contribution in [3.63, 3.8) is 0 Å². The maximum Gasteiger partial charge on any atom is 0.241 e. The third kappa shape index (κ3) is 6.44. The van der Waals surface area contributed by atoms with E-state index >= 15 is 0 Å². The second kappa shape index (κ2) is 9.88. The van der Waals surface area contributed by atoms with Gasteiger partial charge < -0.3 is 10.2 Å². The van der Waals surface area contributed by atoms with E-state index in [1.807, 2.05) is 12.1 Å². The van der Waals surface area contributed by atoms with Crippen molar-refractivity contribution in [3.05, 3.63) is 48.0 Å². The minimum atomic E-state index is -3.98. The molecule has 0 bridgehead atoms. The van der Waals surface area contributed by atoms with E-state index in [2.05, 4.69) is 14.9 Å². The number of sulfonamides is 2. The summed E-state index contributed by atoms with van der Waals surface area (Å²) in [6.07, 6.45) is 3.95. The maximum absolute atomic E-state index is 12.4. The summed E-state index contributed by atoms with van der Waals surface area (Å²) in [4.78, 5) is 14.4. The van der Waals surface area contributed by atoms with Gasteiger partial charge in [0.15, 0.2) is 0 Å². The smallest absolute Gasteiger partial charge is 0.241 e. The first kappa shape index (κ1) is 24.0. The van der Waals surface area contributed by atoms with Crippen LogP contribution in [-0.2, 0) is 31.3 Å². The van der Waals surface area contributed by atoms with Gasteiger partial charge in [-0.1, -0.05) is 13.0 Å². The monoisotopic (exact) mass is 480 g/mol. The minimum Gasteiger partial charge on any atom is -0.372 e. The van der Waals surface area contributed by atoms with Crippen molar-refractivity contribution in [3.8, 4) is 0 Å². The SMILES string of the molecule is CCc1ccc(NC(=O)CS(=O)(=O)Nc2ccc(N3CCCCC3)cc2)cc1S(N)(=O)=O. The van der Waals surface area contributed by atoms with E-state index in [-0.39, 0.29) is 10.6 Å². The van der Waals surface area contributed by atoms with Gasteiger partial charge in [0.05, 0.1) is 4.90 Å². The predicted octanol–water partition coefficient (Wildman–Crippen LogP) is 2.27. The van der Waals surface area contributed by atoms with Gasteiger partial charge in [-0.15, -0.1) is 0 Å². The van der Waals surface area contributed by atoms with E-state index in [0.29, 0.717) is 17.7 Å². The molecular formula is C21H28N4O5S2. The molecule has 0 spiro atoms. The first-order valence-corrected chi connectivity index (χ1v) is 13.6. The molecule has 32 heavy (non-hydrogen) atoms. The molecule has 1 saturated heterocycles. The highest BCUT2D eigenvalue weighted by molar-refractivity contribution is 7.93. The molecule has 0 aliphatic carbocycles. The zero-order valence-corrected chi connectivity index (χ0v) is 19.5. The fraction of sp³-hybridized carbons (Fsp3) is 0.381. The predicted molar refractivity (Wildman–Crippen MR) is 126 cm³/mol. The Hall–Kier alpha value is -2.63. The molecule has 1 fully saturated rings. The van der Waals surface area contributed by atoms with Crippen LogP contribution in [0.25, 0.3) is 0 Å². The van der Waals surface area contributed by atoms with Crippen molar-refractivity contribution in [2.24, 2.45) is 5.14 Å². The summed E-state index contributed by atoms with van der Waals surface area (Å²) >= 11 is 0. The summed E-state index contributed by atoms with van der Waals surface area (Å²) in [5.74, 6) is -1.62. The molecule has 1 amide bonds. The van der Waals surface area contributed by atoms with Gasteiger partial charge >= 0.3 is 0 Å². The number of nitrogens with two attached hydrogens (primary N) is 1. The van der Waals surface area contributed by atoms with Crippen LogP contribution >= 0.6 is 0 Å². The van der Waals surface area contributed by atoms with Crippen LogP contribution in [0.3, 0.4) is 0 Å². The van der Waals surface area contributed by atoms with Crippen molar-refractivity contribution in [1.82, 2.24) is 0 Å². The maximum atomic E-state index is 12.4. The number of benzene rings is 2. The number of nitrogens with zero attached hydrogens (tertiary/aromatic N) is 1. The van der Waals surface area contributed by atoms with Gasteiger partial charge in [-0.2, -0.15) is 0 Å². The lowest BCUT2D eigenvalue weighted by molar-refractivity contribution is -0.113. The van der Waals surface area contributed by atoms with Gasteiger partial charge in [0.2, 0.25) is 26.0 Å². The third-order valence-electron chi connectivity index (χ3n) is 5.22. The summed E-state index contributed by atoms with van der Waals surface area (Å²) in [7, 11) is -7.94. The Kier molecular flexibility index (Phi) is 7.42. The number of hydrogen-bond acceptors (Lipinski definition) is 6. The molecule has 174 valence electrons. The van der Waals surface area contributed by atoms with Crippen molar-refractivity contribution in [2.45, 2.75) is 37.5 Å². The highest BCUT2D eigenvalue weighted by Gasteiger charge is 2.19. The van der Waals surface area contributed by atoms with E-state index < -0.39 is 31.7 Å². The number of carbonyl (C=O) groups excluding carboxylic acids is 1. The highest BCUT2D eigenvalue weighted by atomic mass is 32.2.